The van der Waals surface area contributed by atoms with Crippen molar-refractivity contribution in [2.75, 3.05) is 5.73 Å². The number of anilines is 1. The number of imide groups is 1. The minimum absolute atomic E-state index is 0.207. The Morgan fingerprint density at radius 1 is 1.13 bits per heavy atom. The standard InChI is InChI=1S/C21H17ClN6O3/c22-15-8-11(23)4-5-13(15)16-10-28(26-25-16)17-3-1-2-12-14(17)9-27(21(12)31)18-6-7-19(29)24-20(18)30/h1-5,8,10,18H,6-7,9,23H2,(H,24,29,30). The first-order valence-corrected chi connectivity index (χ1v) is 10.0. The molecule has 3 aromatic rings. The number of piperidine rings is 1. The molecule has 0 aliphatic carbocycles. The molecule has 3 heterocycles. The van der Waals surface area contributed by atoms with E-state index in [0.717, 1.165) is 5.56 Å². The molecule has 2 aromatic carbocycles. The Kier molecular flexibility index (Phi) is 4.48. The van der Waals surface area contributed by atoms with E-state index < -0.39 is 11.9 Å². The van der Waals surface area contributed by atoms with Gasteiger partial charge >= 0.3 is 0 Å². The number of carbonyl (C=O) groups excluding carboxylic acids is 3. The summed E-state index contributed by atoms with van der Waals surface area (Å²) in [6.07, 6.45) is 2.24. The molecule has 0 saturated carbocycles. The molecule has 1 atom stereocenters. The Bertz CT molecular complexity index is 1250. The van der Waals surface area contributed by atoms with Crippen LogP contribution < -0.4 is 11.1 Å². The van der Waals surface area contributed by atoms with Gasteiger partial charge in [-0.2, -0.15) is 0 Å². The van der Waals surface area contributed by atoms with Crippen molar-refractivity contribution in [3.63, 3.8) is 0 Å². The highest BCUT2D eigenvalue weighted by molar-refractivity contribution is 6.33. The van der Waals surface area contributed by atoms with Crippen LogP contribution in [0.5, 0.6) is 0 Å². The van der Waals surface area contributed by atoms with Gasteiger partial charge in [-0.25, -0.2) is 4.68 Å². The van der Waals surface area contributed by atoms with Crippen molar-refractivity contribution in [2.24, 2.45) is 0 Å². The van der Waals surface area contributed by atoms with Gasteiger partial charge in [0, 0.05) is 35.3 Å². The molecule has 1 saturated heterocycles. The molecule has 10 heteroatoms. The van der Waals surface area contributed by atoms with Crippen LogP contribution >= 0.6 is 11.6 Å². The van der Waals surface area contributed by atoms with Crippen molar-refractivity contribution in [2.45, 2.75) is 25.4 Å². The van der Waals surface area contributed by atoms with Crippen LogP contribution in [-0.4, -0.2) is 43.7 Å². The van der Waals surface area contributed by atoms with Crippen molar-refractivity contribution in [3.8, 4) is 16.9 Å². The number of aromatic nitrogens is 3. The first-order chi connectivity index (χ1) is 14.9. The van der Waals surface area contributed by atoms with E-state index in [1.807, 2.05) is 6.07 Å². The molecular weight excluding hydrogens is 420 g/mol. The largest absolute Gasteiger partial charge is 0.399 e. The number of amides is 3. The maximum absolute atomic E-state index is 13.0. The Balaban J connectivity index is 1.48. The lowest BCUT2D eigenvalue weighted by molar-refractivity contribution is -0.136. The molecule has 156 valence electrons. The monoisotopic (exact) mass is 436 g/mol. The third-order valence-electron chi connectivity index (χ3n) is 5.57. The van der Waals surface area contributed by atoms with Crippen molar-refractivity contribution in [1.29, 1.82) is 0 Å². The van der Waals surface area contributed by atoms with Gasteiger partial charge in [-0.3, -0.25) is 19.7 Å². The van der Waals surface area contributed by atoms with Crippen LogP contribution in [0, 0.1) is 0 Å². The summed E-state index contributed by atoms with van der Waals surface area (Å²) in [6, 6.07) is 9.80. The zero-order valence-electron chi connectivity index (χ0n) is 16.2. The number of nitrogens with two attached hydrogens (primary N) is 1. The second-order valence-electron chi connectivity index (χ2n) is 7.49. The zero-order valence-corrected chi connectivity index (χ0v) is 17.0. The molecule has 3 amide bonds. The number of halogens is 1. The Labute approximate surface area is 181 Å². The first kappa shape index (κ1) is 19.3. The topological polar surface area (TPSA) is 123 Å². The molecule has 2 aliphatic rings. The predicted molar refractivity (Wildman–Crippen MR) is 112 cm³/mol. The molecule has 2 aliphatic heterocycles. The van der Waals surface area contributed by atoms with Gasteiger partial charge in [0.2, 0.25) is 11.8 Å². The van der Waals surface area contributed by atoms with Crippen LogP contribution in [0.15, 0.2) is 42.6 Å². The summed E-state index contributed by atoms with van der Waals surface area (Å²) in [6.45, 7) is 0.244. The molecule has 1 aromatic heterocycles. The fraction of sp³-hybridized carbons (Fsp3) is 0.190. The van der Waals surface area contributed by atoms with E-state index in [9.17, 15) is 14.4 Å². The average molecular weight is 437 g/mol. The minimum atomic E-state index is -0.676. The highest BCUT2D eigenvalue weighted by Gasteiger charge is 2.40. The number of nitrogens with zero attached hydrogens (tertiary/aromatic N) is 4. The van der Waals surface area contributed by atoms with Crippen LogP contribution in [0.2, 0.25) is 5.02 Å². The fourth-order valence-corrected chi connectivity index (χ4v) is 4.31. The molecule has 1 fully saturated rings. The molecule has 0 bridgehead atoms. The summed E-state index contributed by atoms with van der Waals surface area (Å²) in [5, 5.41) is 11.2. The van der Waals surface area contributed by atoms with Gasteiger partial charge in [0.15, 0.2) is 0 Å². The van der Waals surface area contributed by atoms with Crippen LogP contribution in [0.25, 0.3) is 16.9 Å². The smallest absolute Gasteiger partial charge is 0.255 e. The summed E-state index contributed by atoms with van der Waals surface area (Å²) in [4.78, 5) is 38.2. The lowest BCUT2D eigenvalue weighted by Gasteiger charge is -2.29. The summed E-state index contributed by atoms with van der Waals surface area (Å²) >= 11 is 6.29. The SMILES string of the molecule is Nc1ccc(-c2cn(-c3cccc4c3CN(C3CCC(=O)NC3=O)C4=O)nn2)c(Cl)c1. The highest BCUT2D eigenvalue weighted by atomic mass is 35.5. The number of nitrogen functional groups attached to an aromatic ring is 1. The number of rotatable bonds is 3. The third kappa shape index (κ3) is 3.23. The summed E-state index contributed by atoms with van der Waals surface area (Å²) in [5.41, 5.74) is 9.50. The third-order valence-corrected chi connectivity index (χ3v) is 5.88. The lowest BCUT2D eigenvalue weighted by Crippen LogP contribution is -2.52. The van der Waals surface area contributed by atoms with E-state index in [1.165, 1.54) is 4.90 Å². The molecular formula is C21H17ClN6O3. The van der Waals surface area contributed by atoms with Gasteiger partial charge in [0.25, 0.3) is 5.91 Å². The van der Waals surface area contributed by atoms with E-state index in [2.05, 4.69) is 15.6 Å². The van der Waals surface area contributed by atoms with E-state index in [-0.39, 0.29) is 24.8 Å². The maximum atomic E-state index is 13.0. The normalized spacial score (nSPS) is 18.3. The van der Waals surface area contributed by atoms with Gasteiger partial charge in [-0.1, -0.05) is 22.9 Å². The fourth-order valence-electron chi connectivity index (χ4n) is 4.03. The molecule has 3 N–H and O–H groups in total. The Morgan fingerprint density at radius 2 is 1.97 bits per heavy atom. The van der Waals surface area contributed by atoms with Gasteiger partial charge in [-0.05, 0) is 36.8 Å². The first-order valence-electron chi connectivity index (χ1n) is 9.67. The molecule has 0 radical (unpaired) electrons. The van der Waals surface area contributed by atoms with Gasteiger partial charge in [0.05, 0.1) is 16.9 Å². The number of hydrogen-bond acceptors (Lipinski definition) is 6. The Hall–Kier alpha value is -3.72. The van der Waals surface area contributed by atoms with E-state index in [0.29, 0.717) is 39.6 Å². The predicted octanol–water partition coefficient (Wildman–Crippen LogP) is 1.93. The highest BCUT2D eigenvalue weighted by Crippen LogP contribution is 2.33. The van der Waals surface area contributed by atoms with Crippen molar-refractivity contribution >= 4 is 35.0 Å². The van der Waals surface area contributed by atoms with Gasteiger partial charge < -0.3 is 10.6 Å². The molecule has 0 spiro atoms. The van der Waals surface area contributed by atoms with Crippen molar-refractivity contribution < 1.29 is 14.4 Å². The molecule has 5 rings (SSSR count). The van der Waals surface area contributed by atoms with E-state index in [1.54, 1.807) is 41.2 Å². The van der Waals surface area contributed by atoms with Crippen molar-refractivity contribution in [1.82, 2.24) is 25.2 Å². The number of benzene rings is 2. The van der Waals surface area contributed by atoms with Gasteiger partial charge in [0.1, 0.15) is 11.7 Å². The Morgan fingerprint density at radius 3 is 2.74 bits per heavy atom. The van der Waals surface area contributed by atoms with E-state index in [4.69, 9.17) is 17.3 Å². The van der Waals surface area contributed by atoms with E-state index >= 15 is 0 Å². The summed E-state index contributed by atoms with van der Waals surface area (Å²) < 4.78 is 1.59. The maximum Gasteiger partial charge on any atom is 0.255 e. The summed E-state index contributed by atoms with van der Waals surface area (Å²) in [7, 11) is 0. The second-order valence-corrected chi connectivity index (χ2v) is 7.90. The molecule has 1 unspecified atom stereocenters. The number of fused-ring (bicyclic) bond motifs is 1. The van der Waals surface area contributed by atoms with Crippen LogP contribution in [0.3, 0.4) is 0 Å². The van der Waals surface area contributed by atoms with Crippen molar-refractivity contribution in [3.05, 3.63) is 58.7 Å². The quantitative estimate of drug-likeness (QED) is 0.477. The molecule has 9 nitrogen and oxygen atoms in total. The second kappa shape index (κ2) is 7.21. The van der Waals surface area contributed by atoms with Crippen LogP contribution in [-0.2, 0) is 16.1 Å². The van der Waals surface area contributed by atoms with Crippen LogP contribution in [0.1, 0.15) is 28.8 Å². The van der Waals surface area contributed by atoms with Crippen LogP contribution in [0.4, 0.5) is 5.69 Å². The zero-order chi connectivity index (χ0) is 21.7. The summed E-state index contributed by atoms with van der Waals surface area (Å²) in [5.74, 6) is -1.00. The number of carbonyl (C=O) groups is 3. The lowest BCUT2D eigenvalue weighted by atomic mass is 10.0. The number of hydrogen-bond donors (Lipinski definition) is 2. The average Bonchev–Trinajstić information content (AvgIpc) is 3.33. The number of nitrogens with one attached hydrogen (secondary N) is 1. The van der Waals surface area contributed by atoms with Gasteiger partial charge in [-0.15, -0.1) is 5.10 Å². The molecule has 31 heavy (non-hydrogen) atoms. The minimum Gasteiger partial charge on any atom is -0.399 e.